The molecule has 1 saturated carbocycles. The van der Waals surface area contributed by atoms with Crippen molar-refractivity contribution in [2.45, 2.75) is 32.4 Å². The van der Waals surface area contributed by atoms with Crippen molar-refractivity contribution >= 4 is 5.91 Å². The highest BCUT2D eigenvalue weighted by Gasteiger charge is 2.29. The van der Waals surface area contributed by atoms with Crippen LogP contribution >= 0.6 is 0 Å². The average molecular weight is 316 g/mol. The molecule has 0 radical (unpaired) electrons. The normalized spacial score (nSPS) is 17.3. The SMILES string of the molecule is Cn1nc(COCC2CC2)c2c1CN(C(=O)c1ccno1)CC2. The third kappa shape index (κ3) is 2.88. The standard InChI is InChI=1S/C16H20N4O3/c1-19-14-8-20(16(21)15-4-6-17-23-15)7-5-12(14)13(18-19)10-22-9-11-2-3-11/h4,6,11H,2-3,5,7-10H2,1H3. The first-order valence-electron chi connectivity index (χ1n) is 8.03. The van der Waals surface area contributed by atoms with Crippen LogP contribution in [0, 0.1) is 5.92 Å². The number of amides is 1. The molecular formula is C16H20N4O3. The lowest BCUT2D eigenvalue weighted by Gasteiger charge is -2.26. The zero-order valence-electron chi connectivity index (χ0n) is 13.2. The molecule has 122 valence electrons. The summed E-state index contributed by atoms with van der Waals surface area (Å²) in [5.41, 5.74) is 3.31. The second kappa shape index (κ2) is 5.81. The van der Waals surface area contributed by atoms with E-state index in [4.69, 9.17) is 9.26 Å². The Kier molecular flexibility index (Phi) is 3.65. The van der Waals surface area contributed by atoms with E-state index in [2.05, 4.69) is 10.3 Å². The number of fused-ring (bicyclic) bond motifs is 1. The monoisotopic (exact) mass is 316 g/mol. The summed E-state index contributed by atoms with van der Waals surface area (Å²) in [5.74, 6) is 0.911. The summed E-state index contributed by atoms with van der Waals surface area (Å²) in [6, 6.07) is 1.60. The minimum absolute atomic E-state index is 0.124. The van der Waals surface area contributed by atoms with Gasteiger partial charge in [-0.1, -0.05) is 5.16 Å². The number of aromatic nitrogens is 3. The van der Waals surface area contributed by atoms with Gasteiger partial charge < -0.3 is 14.2 Å². The molecule has 1 amide bonds. The number of nitrogens with zero attached hydrogens (tertiary/aromatic N) is 4. The van der Waals surface area contributed by atoms with E-state index >= 15 is 0 Å². The quantitative estimate of drug-likeness (QED) is 0.836. The first-order chi connectivity index (χ1) is 11.2. The summed E-state index contributed by atoms with van der Waals surface area (Å²) in [4.78, 5) is 14.2. The highest BCUT2D eigenvalue weighted by molar-refractivity contribution is 5.91. The number of rotatable bonds is 5. The fourth-order valence-corrected chi connectivity index (χ4v) is 3.03. The Hall–Kier alpha value is -2.15. The van der Waals surface area contributed by atoms with E-state index in [1.807, 2.05) is 11.7 Å². The Bertz CT molecular complexity index is 703. The molecule has 0 bridgehead atoms. The zero-order valence-corrected chi connectivity index (χ0v) is 13.2. The largest absolute Gasteiger partial charge is 0.375 e. The number of carbonyl (C=O) groups is 1. The number of hydrogen-bond acceptors (Lipinski definition) is 5. The number of hydrogen-bond donors (Lipinski definition) is 0. The van der Waals surface area contributed by atoms with Gasteiger partial charge in [-0.25, -0.2) is 0 Å². The number of aryl methyl sites for hydroxylation is 1. The highest BCUT2D eigenvalue weighted by Crippen LogP contribution is 2.29. The molecule has 0 atom stereocenters. The van der Waals surface area contributed by atoms with Crippen LogP contribution in [0.1, 0.15) is 40.3 Å². The lowest BCUT2D eigenvalue weighted by molar-refractivity contribution is 0.0687. The molecule has 4 rings (SSSR count). The van der Waals surface area contributed by atoms with Crippen LogP contribution in [0.2, 0.25) is 0 Å². The van der Waals surface area contributed by atoms with E-state index in [0.717, 1.165) is 30.3 Å². The van der Waals surface area contributed by atoms with E-state index in [9.17, 15) is 4.79 Å². The Morgan fingerprint density at radius 1 is 1.48 bits per heavy atom. The molecule has 7 nitrogen and oxygen atoms in total. The summed E-state index contributed by atoms with van der Waals surface area (Å²) >= 11 is 0. The van der Waals surface area contributed by atoms with Crippen LogP contribution in [0.4, 0.5) is 0 Å². The number of ether oxygens (including phenoxy) is 1. The fourth-order valence-electron chi connectivity index (χ4n) is 3.03. The van der Waals surface area contributed by atoms with Gasteiger partial charge in [0, 0.05) is 31.8 Å². The molecule has 23 heavy (non-hydrogen) atoms. The predicted octanol–water partition coefficient (Wildman–Crippen LogP) is 1.53. The molecule has 1 aliphatic carbocycles. The summed E-state index contributed by atoms with van der Waals surface area (Å²) in [6.45, 7) is 2.60. The molecular weight excluding hydrogens is 296 g/mol. The minimum Gasteiger partial charge on any atom is -0.375 e. The maximum absolute atomic E-state index is 12.4. The Morgan fingerprint density at radius 3 is 3.09 bits per heavy atom. The van der Waals surface area contributed by atoms with Gasteiger partial charge in [-0.2, -0.15) is 5.10 Å². The predicted molar refractivity (Wildman–Crippen MR) is 80.5 cm³/mol. The lowest BCUT2D eigenvalue weighted by Crippen LogP contribution is -2.36. The van der Waals surface area contributed by atoms with Crippen molar-refractivity contribution in [2.24, 2.45) is 13.0 Å². The first-order valence-corrected chi connectivity index (χ1v) is 8.03. The fraction of sp³-hybridized carbons (Fsp3) is 0.562. The molecule has 2 aromatic heterocycles. The third-order valence-electron chi connectivity index (χ3n) is 4.56. The van der Waals surface area contributed by atoms with Crippen LogP contribution < -0.4 is 0 Å². The first kappa shape index (κ1) is 14.4. The average Bonchev–Trinajstić information content (AvgIpc) is 3.11. The van der Waals surface area contributed by atoms with E-state index in [0.29, 0.717) is 19.7 Å². The highest BCUT2D eigenvalue weighted by atomic mass is 16.5. The van der Waals surface area contributed by atoms with Crippen molar-refractivity contribution in [2.75, 3.05) is 13.2 Å². The van der Waals surface area contributed by atoms with Gasteiger partial charge in [0.05, 0.1) is 30.7 Å². The molecule has 1 aliphatic heterocycles. The van der Waals surface area contributed by atoms with E-state index in [-0.39, 0.29) is 11.7 Å². The second-order valence-corrected chi connectivity index (χ2v) is 6.31. The van der Waals surface area contributed by atoms with E-state index < -0.39 is 0 Å². The minimum atomic E-state index is -0.124. The molecule has 0 saturated heterocycles. The van der Waals surface area contributed by atoms with Crippen LogP contribution in [0.15, 0.2) is 16.8 Å². The Labute approximate surface area is 134 Å². The van der Waals surface area contributed by atoms with Gasteiger partial charge in [-0.05, 0) is 25.2 Å². The molecule has 2 aromatic rings. The molecule has 0 aromatic carbocycles. The van der Waals surface area contributed by atoms with Gasteiger partial charge in [0.15, 0.2) is 0 Å². The topological polar surface area (TPSA) is 73.4 Å². The van der Waals surface area contributed by atoms with Crippen molar-refractivity contribution in [3.8, 4) is 0 Å². The van der Waals surface area contributed by atoms with Crippen molar-refractivity contribution < 1.29 is 14.1 Å². The van der Waals surface area contributed by atoms with Crippen LogP contribution in [0.5, 0.6) is 0 Å². The van der Waals surface area contributed by atoms with Gasteiger partial charge in [-0.15, -0.1) is 0 Å². The van der Waals surface area contributed by atoms with Crippen LogP contribution in [-0.4, -0.2) is 38.9 Å². The van der Waals surface area contributed by atoms with Crippen LogP contribution in [-0.2, 0) is 31.4 Å². The second-order valence-electron chi connectivity index (χ2n) is 6.31. The third-order valence-corrected chi connectivity index (χ3v) is 4.56. The Balaban J connectivity index is 1.46. The summed E-state index contributed by atoms with van der Waals surface area (Å²) in [5, 5.41) is 8.18. The molecule has 0 spiro atoms. The van der Waals surface area contributed by atoms with Gasteiger partial charge in [0.1, 0.15) is 0 Å². The maximum atomic E-state index is 12.4. The van der Waals surface area contributed by atoms with Crippen LogP contribution in [0.3, 0.4) is 0 Å². The summed E-state index contributed by atoms with van der Waals surface area (Å²) in [7, 11) is 1.92. The smallest absolute Gasteiger partial charge is 0.292 e. The van der Waals surface area contributed by atoms with Crippen molar-refractivity contribution in [3.63, 3.8) is 0 Å². The van der Waals surface area contributed by atoms with E-state index in [1.54, 1.807) is 11.0 Å². The lowest BCUT2D eigenvalue weighted by atomic mass is 10.0. The molecule has 0 N–H and O–H groups in total. The molecule has 0 unspecified atom stereocenters. The molecule has 7 heteroatoms. The van der Waals surface area contributed by atoms with Gasteiger partial charge in [-0.3, -0.25) is 9.48 Å². The molecule has 1 fully saturated rings. The van der Waals surface area contributed by atoms with Crippen LogP contribution in [0.25, 0.3) is 0 Å². The summed E-state index contributed by atoms with van der Waals surface area (Å²) < 4.78 is 12.6. The molecule has 3 heterocycles. The molecule has 2 aliphatic rings. The number of carbonyl (C=O) groups excluding carboxylic acids is 1. The van der Waals surface area contributed by atoms with Crippen molar-refractivity contribution in [1.82, 2.24) is 19.8 Å². The van der Waals surface area contributed by atoms with Crippen molar-refractivity contribution in [1.29, 1.82) is 0 Å². The Morgan fingerprint density at radius 2 is 2.35 bits per heavy atom. The van der Waals surface area contributed by atoms with Gasteiger partial charge in [0.2, 0.25) is 5.76 Å². The van der Waals surface area contributed by atoms with E-state index in [1.165, 1.54) is 24.6 Å². The van der Waals surface area contributed by atoms with Gasteiger partial charge >= 0.3 is 0 Å². The zero-order chi connectivity index (χ0) is 15.8. The summed E-state index contributed by atoms with van der Waals surface area (Å²) in [6.07, 6.45) is 4.87. The van der Waals surface area contributed by atoms with Gasteiger partial charge in [0.25, 0.3) is 5.91 Å². The van der Waals surface area contributed by atoms with Crippen molar-refractivity contribution in [3.05, 3.63) is 35.0 Å². The maximum Gasteiger partial charge on any atom is 0.292 e.